The minimum atomic E-state index is -0.755. The van der Waals surface area contributed by atoms with Crippen LogP contribution in [0.1, 0.15) is 49.1 Å². The average Bonchev–Trinajstić information content (AvgIpc) is 3.13. The van der Waals surface area contributed by atoms with E-state index in [1.54, 1.807) is 31.3 Å². The summed E-state index contributed by atoms with van der Waals surface area (Å²) >= 11 is 0. The third-order valence-electron chi connectivity index (χ3n) is 5.82. The summed E-state index contributed by atoms with van der Waals surface area (Å²) in [6.45, 7) is 4.29. The van der Waals surface area contributed by atoms with Crippen LogP contribution in [0.15, 0.2) is 66.7 Å². The van der Waals surface area contributed by atoms with Gasteiger partial charge in [-0.05, 0) is 61.9 Å². The lowest BCUT2D eigenvalue weighted by Crippen LogP contribution is -2.30. The zero-order chi connectivity index (χ0) is 25.8. The Morgan fingerprint density at radius 2 is 1.56 bits per heavy atom. The van der Waals surface area contributed by atoms with Crippen molar-refractivity contribution in [3.05, 3.63) is 94.5 Å². The molecule has 1 heterocycles. The van der Waals surface area contributed by atoms with Crippen LogP contribution in [-0.4, -0.2) is 48.9 Å². The molecule has 1 aliphatic heterocycles. The fraction of sp³-hybridized carbons (Fsp3) is 0.214. The standard InChI is InChI=1S/C28H26N2O6/c1-4-35-22-12-10-21(11-13-22)30-26(32)23-14-9-20(15-24(23)27(30)33)28(34)36-17-25(31)29(3)16-19-7-5-18(2)6-8-19/h5-15H,4,16-17H2,1-3H3. The van der Waals surface area contributed by atoms with Crippen LogP contribution in [0.4, 0.5) is 5.69 Å². The minimum absolute atomic E-state index is 0.0810. The van der Waals surface area contributed by atoms with Gasteiger partial charge in [0.1, 0.15) is 5.75 Å². The van der Waals surface area contributed by atoms with Crippen molar-refractivity contribution in [2.75, 3.05) is 25.2 Å². The molecule has 3 aromatic rings. The highest BCUT2D eigenvalue weighted by molar-refractivity contribution is 6.34. The number of ether oxygens (including phenoxy) is 2. The topological polar surface area (TPSA) is 93.2 Å². The number of nitrogens with zero attached hydrogens (tertiary/aromatic N) is 2. The third kappa shape index (κ3) is 5.12. The molecule has 0 aromatic heterocycles. The van der Waals surface area contributed by atoms with Gasteiger partial charge in [-0.1, -0.05) is 29.8 Å². The first kappa shape index (κ1) is 24.7. The summed E-state index contributed by atoms with van der Waals surface area (Å²) < 4.78 is 10.6. The van der Waals surface area contributed by atoms with Crippen molar-refractivity contribution in [1.29, 1.82) is 0 Å². The summed E-state index contributed by atoms with van der Waals surface area (Å²) in [6, 6.07) is 18.6. The normalized spacial score (nSPS) is 12.4. The number of hydrogen-bond acceptors (Lipinski definition) is 6. The molecule has 0 atom stereocenters. The monoisotopic (exact) mass is 486 g/mol. The van der Waals surface area contributed by atoms with E-state index in [4.69, 9.17) is 9.47 Å². The number of fused-ring (bicyclic) bond motifs is 1. The average molecular weight is 487 g/mol. The highest BCUT2D eigenvalue weighted by Gasteiger charge is 2.37. The number of amides is 3. The zero-order valence-electron chi connectivity index (χ0n) is 20.3. The van der Waals surface area contributed by atoms with Crippen LogP contribution in [0.5, 0.6) is 5.75 Å². The Balaban J connectivity index is 1.40. The van der Waals surface area contributed by atoms with Gasteiger partial charge in [0.15, 0.2) is 6.61 Å². The van der Waals surface area contributed by atoms with Crippen molar-refractivity contribution in [2.24, 2.45) is 0 Å². The molecule has 3 aromatic carbocycles. The van der Waals surface area contributed by atoms with Crippen LogP contribution in [0.2, 0.25) is 0 Å². The van der Waals surface area contributed by atoms with Crippen molar-refractivity contribution in [3.8, 4) is 5.75 Å². The molecular weight excluding hydrogens is 460 g/mol. The van der Waals surface area contributed by atoms with Crippen molar-refractivity contribution in [2.45, 2.75) is 20.4 Å². The number of carbonyl (C=O) groups is 4. The fourth-order valence-electron chi connectivity index (χ4n) is 3.84. The number of imide groups is 1. The van der Waals surface area contributed by atoms with Gasteiger partial charge in [0, 0.05) is 13.6 Å². The van der Waals surface area contributed by atoms with Crippen LogP contribution in [0, 0.1) is 6.92 Å². The molecule has 0 N–H and O–H groups in total. The van der Waals surface area contributed by atoms with E-state index in [0.29, 0.717) is 24.6 Å². The van der Waals surface area contributed by atoms with Crippen molar-refractivity contribution >= 4 is 29.4 Å². The number of benzene rings is 3. The van der Waals surface area contributed by atoms with Gasteiger partial charge in [-0.2, -0.15) is 0 Å². The second-order valence-corrected chi connectivity index (χ2v) is 8.44. The number of esters is 1. The Labute approximate surface area is 209 Å². The van der Waals surface area contributed by atoms with E-state index in [-0.39, 0.29) is 22.6 Å². The minimum Gasteiger partial charge on any atom is -0.494 e. The lowest BCUT2D eigenvalue weighted by atomic mass is 10.1. The molecule has 1 aliphatic rings. The SMILES string of the molecule is CCOc1ccc(N2C(=O)c3ccc(C(=O)OCC(=O)N(C)Cc4ccc(C)cc4)cc3C2=O)cc1. The Bertz CT molecular complexity index is 1310. The molecule has 36 heavy (non-hydrogen) atoms. The van der Waals surface area contributed by atoms with E-state index in [1.165, 1.54) is 23.1 Å². The van der Waals surface area contributed by atoms with Crippen LogP contribution >= 0.6 is 0 Å². The molecule has 8 heteroatoms. The van der Waals surface area contributed by atoms with Crippen molar-refractivity contribution in [1.82, 2.24) is 4.90 Å². The van der Waals surface area contributed by atoms with E-state index in [1.807, 2.05) is 38.1 Å². The van der Waals surface area contributed by atoms with Gasteiger partial charge in [-0.25, -0.2) is 9.69 Å². The molecule has 0 aliphatic carbocycles. The Morgan fingerprint density at radius 3 is 2.22 bits per heavy atom. The molecule has 3 amide bonds. The van der Waals surface area contributed by atoms with Gasteiger partial charge < -0.3 is 14.4 Å². The number of rotatable bonds is 8. The van der Waals surface area contributed by atoms with E-state index < -0.39 is 24.4 Å². The van der Waals surface area contributed by atoms with Gasteiger partial charge in [0.25, 0.3) is 17.7 Å². The van der Waals surface area contributed by atoms with Gasteiger partial charge in [-0.15, -0.1) is 0 Å². The number of likely N-dealkylation sites (N-methyl/N-ethyl adjacent to an activating group) is 1. The molecule has 0 saturated carbocycles. The predicted octanol–water partition coefficient (Wildman–Crippen LogP) is 4.01. The molecule has 0 bridgehead atoms. The van der Waals surface area contributed by atoms with Crippen LogP contribution in [0.25, 0.3) is 0 Å². The third-order valence-corrected chi connectivity index (χ3v) is 5.82. The maximum Gasteiger partial charge on any atom is 0.338 e. The maximum atomic E-state index is 13.0. The van der Waals surface area contributed by atoms with Gasteiger partial charge >= 0.3 is 5.97 Å². The first-order valence-corrected chi connectivity index (χ1v) is 11.5. The summed E-state index contributed by atoms with van der Waals surface area (Å²) in [7, 11) is 1.63. The van der Waals surface area contributed by atoms with Gasteiger partial charge in [0.05, 0.1) is 29.0 Å². The molecule has 184 valence electrons. The number of anilines is 1. The van der Waals surface area contributed by atoms with Gasteiger partial charge in [-0.3, -0.25) is 14.4 Å². The summed E-state index contributed by atoms with van der Waals surface area (Å²) in [5.41, 5.74) is 2.86. The largest absolute Gasteiger partial charge is 0.494 e. The maximum absolute atomic E-state index is 13.0. The van der Waals surface area contributed by atoms with Crippen LogP contribution in [0.3, 0.4) is 0 Å². The lowest BCUT2D eigenvalue weighted by molar-refractivity contribution is -0.133. The van der Waals surface area contributed by atoms with E-state index >= 15 is 0 Å². The van der Waals surface area contributed by atoms with Crippen molar-refractivity contribution < 1.29 is 28.7 Å². The molecule has 0 unspecified atom stereocenters. The lowest BCUT2D eigenvalue weighted by Gasteiger charge is -2.17. The second-order valence-electron chi connectivity index (χ2n) is 8.44. The Hall–Kier alpha value is -4.46. The molecule has 0 fully saturated rings. The highest BCUT2D eigenvalue weighted by atomic mass is 16.5. The summed E-state index contributed by atoms with van der Waals surface area (Å²) in [5.74, 6) is -1.51. The summed E-state index contributed by atoms with van der Waals surface area (Å²) in [4.78, 5) is 53.4. The molecular formula is C28H26N2O6. The predicted molar refractivity (Wildman–Crippen MR) is 133 cm³/mol. The number of carbonyl (C=O) groups excluding carboxylic acids is 4. The number of hydrogen-bond donors (Lipinski definition) is 0. The highest BCUT2D eigenvalue weighted by Crippen LogP contribution is 2.30. The first-order valence-electron chi connectivity index (χ1n) is 11.5. The Morgan fingerprint density at radius 1 is 0.889 bits per heavy atom. The number of aryl methyl sites for hydroxylation is 1. The fourth-order valence-corrected chi connectivity index (χ4v) is 3.84. The van der Waals surface area contributed by atoms with Crippen LogP contribution < -0.4 is 9.64 Å². The van der Waals surface area contributed by atoms with Crippen LogP contribution in [-0.2, 0) is 16.1 Å². The summed E-state index contributed by atoms with van der Waals surface area (Å²) in [6.07, 6.45) is 0. The summed E-state index contributed by atoms with van der Waals surface area (Å²) in [5, 5.41) is 0. The first-order chi connectivity index (χ1) is 17.3. The molecule has 4 rings (SSSR count). The molecule has 8 nitrogen and oxygen atoms in total. The zero-order valence-corrected chi connectivity index (χ0v) is 20.3. The van der Waals surface area contributed by atoms with Crippen molar-refractivity contribution in [3.63, 3.8) is 0 Å². The molecule has 0 spiro atoms. The van der Waals surface area contributed by atoms with E-state index in [9.17, 15) is 19.2 Å². The van der Waals surface area contributed by atoms with E-state index in [0.717, 1.165) is 16.0 Å². The van der Waals surface area contributed by atoms with Gasteiger partial charge in [0.2, 0.25) is 0 Å². The Kier molecular flexibility index (Phi) is 7.15. The van der Waals surface area contributed by atoms with E-state index in [2.05, 4.69) is 0 Å². The molecule has 0 radical (unpaired) electrons. The quantitative estimate of drug-likeness (QED) is 0.353. The second kappa shape index (κ2) is 10.4. The smallest absolute Gasteiger partial charge is 0.338 e. The molecule has 0 saturated heterocycles.